The molecule has 0 N–H and O–H groups in total. The van der Waals surface area contributed by atoms with Crippen LogP contribution in [-0.2, 0) is 11.3 Å². The van der Waals surface area contributed by atoms with Gasteiger partial charge in [-0.2, -0.15) is 0 Å². The Balaban J connectivity index is 1.53. The average molecular weight is 473 g/mol. The van der Waals surface area contributed by atoms with Gasteiger partial charge in [0.05, 0.1) is 22.9 Å². The second kappa shape index (κ2) is 9.00. The number of hydrogen-bond acceptors (Lipinski definition) is 6. The van der Waals surface area contributed by atoms with Crippen LogP contribution in [0.1, 0.15) is 5.56 Å². The van der Waals surface area contributed by atoms with Crippen molar-refractivity contribution in [3.63, 3.8) is 0 Å². The quantitative estimate of drug-likeness (QED) is 0.440. The van der Waals surface area contributed by atoms with Gasteiger partial charge in [0.15, 0.2) is 5.17 Å². The molecule has 5 rings (SSSR count). The van der Waals surface area contributed by atoms with Crippen LogP contribution in [-0.4, -0.2) is 37.1 Å². The molecular weight excluding hydrogens is 448 g/mol. The van der Waals surface area contributed by atoms with E-state index in [1.54, 1.807) is 16.7 Å². The number of nitrogens with zero attached hydrogens (tertiary/aromatic N) is 4. The number of fused-ring (bicyclic) bond motifs is 1. The highest BCUT2D eigenvalue weighted by Gasteiger charge is 2.39. The van der Waals surface area contributed by atoms with Crippen LogP contribution in [0.4, 0.5) is 17.1 Å². The van der Waals surface area contributed by atoms with Crippen LogP contribution in [0.15, 0.2) is 98.7 Å². The largest absolute Gasteiger partial charge is 0.378 e. The fourth-order valence-electron chi connectivity index (χ4n) is 3.76. The zero-order valence-electron chi connectivity index (χ0n) is 18.7. The number of amides is 1. The Labute approximate surface area is 202 Å². The van der Waals surface area contributed by atoms with Crippen LogP contribution in [0, 0.1) is 0 Å². The Bertz CT molecular complexity index is 1250. The highest BCUT2D eigenvalue weighted by Crippen LogP contribution is 2.50. The van der Waals surface area contributed by atoms with Gasteiger partial charge in [0, 0.05) is 31.7 Å². The molecule has 0 aliphatic carbocycles. The molecule has 33 heavy (non-hydrogen) atoms. The molecule has 2 heterocycles. The molecule has 5 nitrogen and oxygen atoms in total. The van der Waals surface area contributed by atoms with Crippen molar-refractivity contribution in [3.8, 4) is 0 Å². The zero-order valence-corrected chi connectivity index (χ0v) is 20.4. The van der Waals surface area contributed by atoms with Crippen molar-refractivity contribution in [2.24, 2.45) is 4.99 Å². The van der Waals surface area contributed by atoms with Crippen molar-refractivity contribution in [2.75, 3.05) is 30.9 Å². The standard InChI is InChI=1S/C26H24N4OS2/c1-28(2)20-15-13-19(14-16-20)27-26-30(17-18-9-5-4-6-10-18)24(31)23(33-26)25-29(3)21-11-7-8-12-22(21)32-25/h4-16H,17H2,1-3H3/b25-23-,27-26?. The van der Waals surface area contributed by atoms with E-state index in [1.165, 1.54) is 11.8 Å². The third-order valence-electron chi connectivity index (χ3n) is 5.57. The van der Waals surface area contributed by atoms with Gasteiger partial charge in [0.2, 0.25) is 0 Å². The topological polar surface area (TPSA) is 39.1 Å². The molecule has 0 bridgehead atoms. The van der Waals surface area contributed by atoms with E-state index in [9.17, 15) is 4.79 Å². The maximum atomic E-state index is 13.7. The molecule has 0 saturated carbocycles. The molecule has 3 aromatic carbocycles. The number of benzene rings is 3. The SMILES string of the molecule is CN(C)c1ccc(N=C2S/C(=C3\Sc4ccccc4N3C)C(=O)N2Cc2ccccc2)cc1. The number of rotatable bonds is 4. The first-order valence-electron chi connectivity index (χ1n) is 10.7. The smallest absolute Gasteiger partial charge is 0.269 e. The van der Waals surface area contributed by atoms with E-state index in [2.05, 4.69) is 21.9 Å². The van der Waals surface area contributed by atoms with E-state index in [0.717, 1.165) is 37.5 Å². The molecule has 0 spiro atoms. The van der Waals surface area contributed by atoms with Crippen LogP contribution < -0.4 is 9.80 Å². The third kappa shape index (κ3) is 4.26. The zero-order chi connectivity index (χ0) is 22.9. The lowest BCUT2D eigenvalue weighted by Crippen LogP contribution is -2.29. The number of para-hydroxylation sites is 1. The van der Waals surface area contributed by atoms with Crippen LogP contribution in [0.2, 0.25) is 0 Å². The van der Waals surface area contributed by atoms with E-state index in [4.69, 9.17) is 4.99 Å². The number of thioether (sulfide) groups is 2. The molecule has 0 aromatic heterocycles. The number of anilines is 2. The molecule has 2 aliphatic rings. The monoisotopic (exact) mass is 472 g/mol. The second-order valence-corrected chi connectivity index (χ2v) is 10.1. The maximum absolute atomic E-state index is 13.7. The molecule has 1 fully saturated rings. The van der Waals surface area contributed by atoms with Gasteiger partial charge in [-0.25, -0.2) is 4.99 Å². The summed E-state index contributed by atoms with van der Waals surface area (Å²) in [4.78, 5) is 26.4. The Morgan fingerprint density at radius 2 is 1.58 bits per heavy atom. The highest BCUT2D eigenvalue weighted by molar-refractivity contribution is 8.19. The van der Waals surface area contributed by atoms with Gasteiger partial charge in [-0.3, -0.25) is 9.69 Å². The lowest BCUT2D eigenvalue weighted by molar-refractivity contribution is -0.122. The minimum atomic E-state index is -0.00493. The molecule has 7 heteroatoms. The fraction of sp³-hybridized carbons (Fsp3) is 0.154. The average Bonchev–Trinajstić information content (AvgIpc) is 3.32. The van der Waals surface area contributed by atoms with Crippen molar-refractivity contribution in [1.29, 1.82) is 0 Å². The number of hydrogen-bond donors (Lipinski definition) is 0. The summed E-state index contributed by atoms with van der Waals surface area (Å²) in [5.74, 6) is -0.00493. The summed E-state index contributed by atoms with van der Waals surface area (Å²) in [6.07, 6.45) is 0. The van der Waals surface area contributed by atoms with Gasteiger partial charge < -0.3 is 9.80 Å². The van der Waals surface area contributed by atoms with E-state index >= 15 is 0 Å². The fourth-order valence-corrected chi connectivity index (χ4v) is 6.10. The maximum Gasteiger partial charge on any atom is 0.269 e. The molecule has 166 valence electrons. The molecular formula is C26H24N4OS2. The molecule has 0 unspecified atom stereocenters. The molecule has 3 aromatic rings. The molecule has 0 atom stereocenters. The number of carbonyl (C=O) groups is 1. The summed E-state index contributed by atoms with van der Waals surface area (Å²) < 4.78 is 0. The van der Waals surface area contributed by atoms with Crippen molar-refractivity contribution in [2.45, 2.75) is 11.4 Å². The number of amidine groups is 1. The summed E-state index contributed by atoms with van der Waals surface area (Å²) >= 11 is 3.10. The van der Waals surface area contributed by atoms with Gasteiger partial charge in [0.25, 0.3) is 5.91 Å². The van der Waals surface area contributed by atoms with Gasteiger partial charge in [0.1, 0.15) is 4.91 Å². The summed E-state index contributed by atoms with van der Waals surface area (Å²) in [6.45, 7) is 0.486. The summed E-state index contributed by atoms with van der Waals surface area (Å²) in [5.41, 5.74) is 4.14. The highest BCUT2D eigenvalue weighted by atomic mass is 32.2. The molecule has 1 amide bonds. The van der Waals surface area contributed by atoms with Gasteiger partial charge in [-0.1, -0.05) is 54.2 Å². The van der Waals surface area contributed by atoms with Gasteiger partial charge >= 0.3 is 0 Å². The van der Waals surface area contributed by atoms with Crippen LogP contribution >= 0.6 is 23.5 Å². The van der Waals surface area contributed by atoms with Crippen LogP contribution in [0.3, 0.4) is 0 Å². The number of aliphatic imine (C=N–C) groups is 1. The van der Waals surface area contributed by atoms with E-state index in [0.29, 0.717) is 11.7 Å². The number of carbonyl (C=O) groups excluding carboxylic acids is 1. The summed E-state index contributed by atoms with van der Waals surface area (Å²) in [6, 6.07) is 26.4. The van der Waals surface area contributed by atoms with E-state index in [1.807, 2.05) is 87.9 Å². The van der Waals surface area contributed by atoms with Gasteiger partial charge in [-0.05, 0) is 53.7 Å². The summed E-state index contributed by atoms with van der Waals surface area (Å²) in [7, 11) is 6.05. The third-order valence-corrected chi connectivity index (χ3v) is 8.00. The first-order chi connectivity index (χ1) is 16.0. The Hall–Kier alpha value is -3.16. The Morgan fingerprint density at radius 3 is 2.27 bits per heavy atom. The normalized spacial score (nSPS) is 18.9. The minimum absolute atomic E-state index is 0.00493. The lowest BCUT2D eigenvalue weighted by atomic mass is 10.2. The van der Waals surface area contributed by atoms with Crippen LogP contribution in [0.25, 0.3) is 0 Å². The molecule has 1 saturated heterocycles. The minimum Gasteiger partial charge on any atom is -0.378 e. The predicted octanol–water partition coefficient (Wildman–Crippen LogP) is 5.93. The summed E-state index contributed by atoms with van der Waals surface area (Å²) in [5, 5.41) is 1.66. The van der Waals surface area contributed by atoms with Crippen molar-refractivity contribution in [3.05, 3.63) is 94.4 Å². The predicted molar refractivity (Wildman–Crippen MR) is 140 cm³/mol. The van der Waals surface area contributed by atoms with Crippen molar-refractivity contribution >= 4 is 51.7 Å². The van der Waals surface area contributed by atoms with E-state index < -0.39 is 0 Å². The first-order valence-corrected chi connectivity index (χ1v) is 12.3. The second-order valence-electron chi connectivity index (χ2n) is 8.05. The molecule has 0 radical (unpaired) electrons. The van der Waals surface area contributed by atoms with Crippen LogP contribution in [0.5, 0.6) is 0 Å². The molecule has 2 aliphatic heterocycles. The van der Waals surface area contributed by atoms with E-state index in [-0.39, 0.29) is 5.91 Å². The lowest BCUT2D eigenvalue weighted by Gasteiger charge is -2.17. The Kier molecular flexibility index (Phi) is 5.91. The van der Waals surface area contributed by atoms with Gasteiger partial charge in [-0.15, -0.1) is 0 Å². The first kappa shape index (κ1) is 21.7. The Morgan fingerprint density at radius 1 is 0.879 bits per heavy atom. The van der Waals surface area contributed by atoms with Crippen molar-refractivity contribution in [1.82, 2.24) is 4.90 Å². The van der Waals surface area contributed by atoms with Crippen molar-refractivity contribution < 1.29 is 4.79 Å².